The molecule has 0 radical (unpaired) electrons. The molecular weight excluding hydrogens is 274 g/mol. The second-order valence-electron chi connectivity index (χ2n) is 5.16. The summed E-state index contributed by atoms with van der Waals surface area (Å²) in [7, 11) is 1.14. The van der Waals surface area contributed by atoms with E-state index in [-0.39, 0.29) is 11.4 Å². The normalized spacial score (nSPS) is 11.9. The first-order valence-corrected chi connectivity index (χ1v) is 5.91. The zero-order chi connectivity index (χ0) is 15.6. The van der Waals surface area contributed by atoms with Gasteiger partial charge in [-0.15, -0.1) is 0 Å². The predicted molar refractivity (Wildman–Crippen MR) is 71.6 cm³/mol. The van der Waals surface area contributed by atoms with Crippen molar-refractivity contribution in [3.63, 3.8) is 0 Å². The van der Waals surface area contributed by atoms with Gasteiger partial charge >= 0.3 is 13.1 Å². The summed E-state index contributed by atoms with van der Waals surface area (Å²) in [6, 6.07) is 3.12. The lowest BCUT2D eigenvalue weighted by atomic mass is 9.79. The van der Waals surface area contributed by atoms with Crippen molar-refractivity contribution in [1.82, 2.24) is 0 Å². The van der Waals surface area contributed by atoms with E-state index in [1.54, 1.807) is 20.8 Å². The molecule has 1 aromatic rings. The standard InChI is InChI=1S/C12H16BF3NO3/c1-12(2,3)20-11(18)17-8-5-6-9(13(14,15)16)10(7-8)19-4/h5-7H,1-4H3,(H,17,18)/q-1. The second kappa shape index (κ2) is 5.64. The molecule has 1 rings (SSSR count). The number of hydrogen-bond acceptors (Lipinski definition) is 3. The van der Waals surface area contributed by atoms with E-state index in [0.29, 0.717) is 0 Å². The maximum absolute atomic E-state index is 12.7. The summed E-state index contributed by atoms with van der Waals surface area (Å²) in [5, 5.41) is 2.35. The van der Waals surface area contributed by atoms with Crippen molar-refractivity contribution in [2.45, 2.75) is 26.4 Å². The lowest BCUT2D eigenvalue weighted by Crippen LogP contribution is -2.35. The fourth-order valence-electron chi connectivity index (χ4n) is 1.48. The van der Waals surface area contributed by atoms with Crippen molar-refractivity contribution in [1.29, 1.82) is 0 Å². The lowest BCUT2D eigenvalue weighted by molar-refractivity contribution is 0.0636. The number of halogens is 3. The van der Waals surface area contributed by atoms with Gasteiger partial charge in [0.2, 0.25) is 0 Å². The Kier molecular flexibility index (Phi) is 4.57. The third kappa shape index (κ3) is 4.67. The molecule has 0 aliphatic carbocycles. The molecule has 0 fully saturated rings. The molecule has 112 valence electrons. The smallest absolute Gasteiger partial charge is 0.500 e. The average molecular weight is 290 g/mol. The van der Waals surface area contributed by atoms with Crippen LogP contribution in [0.4, 0.5) is 23.4 Å². The summed E-state index contributed by atoms with van der Waals surface area (Å²) in [5.41, 5.74) is -1.37. The minimum absolute atomic E-state index is 0.167. The SMILES string of the molecule is COc1cc(NC(=O)OC(C)(C)C)ccc1[B-](F)(F)F. The Morgan fingerprint density at radius 1 is 1.25 bits per heavy atom. The zero-order valence-corrected chi connectivity index (χ0v) is 11.7. The van der Waals surface area contributed by atoms with E-state index in [1.807, 2.05) is 0 Å². The van der Waals surface area contributed by atoms with Crippen molar-refractivity contribution in [2.75, 3.05) is 12.4 Å². The number of ether oxygens (including phenoxy) is 2. The Morgan fingerprint density at radius 3 is 2.30 bits per heavy atom. The number of hydrogen-bond donors (Lipinski definition) is 1. The third-order valence-corrected chi connectivity index (χ3v) is 2.23. The molecule has 0 bridgehead atoms. The summed E-state index contributed by atoms with van der Waals surface area (Å²) in [6.45, 7) is -0.122. The predicted octanol–water partition coefficient (Wildman–Crippen LogP) is 3.10. The van der Waals surface area contributed by atoms with E-state index in [4.69, 9.17) is 9.47 Å². The van der Waals surface area contributed by atoms with E-state index < -0.39 is 24.1 Å². The van der Waals surface area contributed by atoms with Crippen molar-refractivity contribution in [2.24, 2.45) is 0 Å². The van der Waals surface area contributed by atoms with Crippen LogP contribution in [0.15, 0.2) is 18.2 Å². The Labute approximate surface area is 115 Å². The summed E-state index contributed by atoms with van der Waals surface area (Å²) in [4.78, 5) is 11.5. The number of nitrogens with one attached hydrogen (secondary N) is 1. The molecule has 1 amide bonds. The summed E-state index contributed by atoms with van der Waals surface area (Å²) in [5.74, 6) is -0.342. The van der Waals surface area contributed by atoms with Crippen molar-refractivity contribution < 1.29 is 27.2 Å². The van der Waals surface area contributed by atoms with Crippen LogP contribution in [0.3, 0.4) is 0 Å². The van der Waals surface area contributed by atoms with Gasteiger partial charge in [0.05, 0.1) is 12.9 Å². The van der Waals surface area contributed by atoms with Gasteiger partial charge in [0.15, 0.2) is 0 Å². The molecule has 0 saturated carbocycles. The molecule has 0 spiro atoms. The second-order valence-corrected chi connectivity index (χ2v) is 5.16. The van der Waals surface area contributed by atoms with Gasteiger partial charge < -0.3 is 22.4 Å². The summed E-state index contributed by atoms with van der Waals surface area (Å²) in [6.07, 6.45) is -0.746. The summed E-state index contributed by atoms with van der Waals surface area (Å²) >= 11 is 0. The fraction of sp³-hybridized carbons (Fsp3) is 0.417. The monoisotopic (exact) mass is 290 g/mol. The van der Waals surface area contributed by atoms with Crippen LogP contribution in [0.2, 0.25) is 0 Å². The molecule has 1 aromatic carbocycles. The molecular formula is C12H16BF3NO3-. The van der Waals surface area contributed by atoms with Crippen LogP contribution in [0, 0.1) is 0 Å². The Hall–Kier alpha value is -1.86. The average Bonchev–Trinajstić information content (AvgIpc) is 2.24. The molecule has 0 aliphatic rings. The summed E-state index contributed by atoms with van der Waals surface area (Å²) < 4.78 is 47.9. The number of carbonyl (C=O) groups is 1. The van der Waals surface area contributed by atoms with Gasteiger partial charge in [-0.1, -0.05) is 11.5 Å². The first kappa shape index (κ1) is 16.2. The van der Waals surface area contributed by atoms with Crippen LogP contribution in [0.1, 0.15) is 20.8 Å². The minimum Gasteiger partial charge on any atom is -0.500 e. The number of benzene rings is 1. The number of rotatable bonds is 3. The maximum atomic E-state index is 12.7. The van der Waals surface area contributed by atoms with E-state index in [9.17, 15) is 17.7 Å². The lowest BCUT2D eigenvalue weighted by Gasteiger charge is -2.21. The molecule has 20 heavy (non-hydrogen) atoms. The molecule has 4 nitrogen and oxygen atoms in total. The Balaban J connectivity index is 2.92. The van der Waals surface area contributed by atoms with Crippen LogP contribution in [-0.4, -0.2) is 25.8 Å². The molecule has 0 atom stereocenters. The van der Waals surface area contributed by atoms with Crippen LogP contribution < -0.4 is 15.5 Å². The first-order valence-electron chi connectivity index (χ1n) is 5.91. The highest BCUT2D eigenvalue weighted by Crippen LogP contribution is 2.22. The Morgan fingerprint density at radius 2 is 1.85 bits per heavy atom. The van der Waals surface area contributed by atoms with Crippen LogP contribution in [-0.2, 0) is 4.74 Å². The van der Waals surface area contributed by atoms with Gasteiger partial charge in [0.1, 0.15) is 5.60 Å². The molecule has 0 saturated heterocycles. The number of anilines is 1. The number of carbonyl (C=O) groups excluding carboxylic acids is 1. The molecule has 0 heterocycles. The van der Waals surface area contributed by atoms with Gasteiger partial charge in [-0.05, 0) is 26.8 Å². The van der Waals surface area contributed by atoms with Crippen LogP contribution in [0.25, 0.3) is 0 Å². The van der Waals surface area contributed by atoms with Gasteiger partial charge in [-0.3, -0.25) is 5.32 Å². The Bertz CT molecular complexity index is 498. The maximum Gasteiger partial charge on any atom is 0.513 e. The van der Waals surface area contributed by atoms with Crippen molar-refractivity contribution in [3.8, 4) is 5.75 Å². The van der Waals surface area contributed by atoms with E-state index in [0.717, 1.165) is 25.3 Å². The number of amides is 1. The van der Waals surface area contributed by atoms with E-state index >= 15 is 0 Å². The molecule has 8 heteroatoms. The van der Waals surface area contributed by atoms with Crippen LogP contribution >= 0.6 is 0 Å². The highest BCUT2D eigenvalue weighted by atomic mass is 19.4. The quantitative estimate of drug-likeness (QED) is 0.870. The largest absolute Gasteiger partial charge is 0.513 e. The van der Waals surface area contributed by atoms with E-state index in [1.165, 1.54) is 0 Å². The third-order valence-electron chi connectivity index (χ3n) is 2.23. The fourth-order valence-corrected chi connectivity index (χ4v) is 1.48. The van der Waals surface area contributed by atoms with Gasteiger partial charge in [0.25, 0.3) is 0 Å². The van der Waals surface area contributed by atoms with Crippen LogP contribution in [0.5, 0.6) is 5.75 Å². The molecule has 0 unspecified atom stereocenters. The highest BCUT2D eigenvalue weighted by molar-refractivity contribution is 6.74. The highest BCUT2D eigenvalue weighted by Gasteiger charge is 2.29. The number of methoxy groups -OCH3 is 1. The molecule has 1 N–H and O–H groups in total. The topological polar surface area (TPSA) is 47.6 Å². The molecule has 0 aromatic heterocycles. The first-order chi connectivity index (χ1) is 9.03. The zero-order valence-electron chi connectivity index (χ0n) is 11.7. The van der Waals surface area contributed by atoms with Crippen molar-refractivity contribution in [3.05, 3.63) is 18.2 Å². The molecule has 0 aliphatic heterocycles. The van der Waals surface area contributed by atoms with Gasteiger partial charge in [-0.25, -0.2) is 4.79 Å². The van der Waals surface area contributed by atoms with Gasteiger partial charge in [0, 0.05) is 11.8 Å². The van der Waals surface area contributed by atoms with E-state index in [2.05, 4.69) is 5.32 Å². The van der Waals surface area contributed by atoms with Gasteiger partial charge in [-0.2, -0.15) is 0 Å². The van der Waals surface area contributed by atoms with Crippen molar-refractivity contribution >= 4 is 24.2 Å². The minimum atomic E-state index is -5.17.